The highest BCUT2D eigenvalue weighted by Gasteiger charge is 2.24. The minimum absolute atomic E-state index is 0.0679. The highest BCUT2D eigenvalue weighted by Crippen LogP contribution is 2.26. The summed E-state index contributed by atoms with van der Waals surface area (Å²) in [5.41, 5.74) is 2.44. The molecular formula is C23H24FN7O2. The van der Waals surface area contributed by atoms with Gasteiger partial charge in [0.2, 0.25) is 0 Å². The van der Waals surface area contributed by atoms with E-state index in [1.165, 1.54) is 12.1 Å². The van der Waals surface area contributed by atoms with E-state index in [9.17, 15) is 14.3 Å². The van der Waals surface area contributed by atoms with Gasteiger partial charge in [-0.1, -0.05) is 12.1 Å². The predicted octanol–water partition coefficient (Wildman–Crippen LogP) is 1.73. The van der Waals surface area contributed by atoms with E-state index in [0.717, 1.165) is 29.2 Å². The molecule has 0 radical (unpaired) electrons. The van der Waals surface area contributed by atoms with Gasteiger partial charge < -0.3 is 10.0 Å². The first-order valence-electron chi connectivity index (χ1n) is 10.7. The lowest BCUT2D eigenvalue weighted by atomic mass is 10.1. The fraction of sp³-hybridized carbons (Fsp3) is 0.304. The van der Waals surface area contributed by atoms with Crippen LogP contribution in [-0.4, -0.2) is 74.3 Å². The van der Waals surface area contributed by atoms with Crippen LogP contribution in [0.4, 0.5) is 10.2 Å². The molecule has 9 nitrogen and oxygen atoms in total. The summed E-state index contributed by atoms with van der Waals surface area (Å²) in [6.07, 6.45) is 1.71. The third-order valence-corrected chi connectivity index (χ3v) is 6.18. The number of aliphatic hydroxyl groups excluding tert-OH is 1. The molecule has 1 unspecified atom stereocenters. The van der Waals surface area contributed by atoms with Gasteiger partial charge in [-0.15, -0.1) is 0 Å². The van der Waals surface area contributed by atoms with Crippen molar-refractivity contribution in [2.45, 2.75) is 13.0 Å². The zero-order chi connectivity index (χ0) is 23.1. The van der Waals surface area contributed by atoms with E-state index in [1.54, 1.807) is 25.3 Å². The summed E-state index contributed by atoms with van der Waals surface area (Å²) in [5.74, 6) is 0.297. The van der Waals surface area contributed by atoms with Gasteiger partial charge in [0.1, 0.15) is 28.5 Å². The van der Waals surface area contributed by atoms with E-state index in [1.807, 2.05) is 19.2 Å². The smallest absolute Gasteiger partial charge is 0.273 e. The van der Waals surface area contributed by atoms with Crippen LogP contribution >= 0.6 is 0 Å². The Morgan fingerprint density at radius 3 is 2.82 bits per heavy atom. The summed E-state index contributed by atoms with van der Waals surface area (Å²) in [6, 6.07) is 9.87. The molecule has 2 N–H and O–H groups in total. The summed E-state index contributed by atoms with van der Waals surface area (Å²) in [4.78, 5) is 21.5. The van der Waals surface area contributed by atoms with Crippen LogP contribution < -0.4 is 10.5 Å². The van der Waals surface area contributed by atoms with Crippen LogP contribution in [0.25, 0.3) is 28.0 Å². The van der Waals surface area contributed by atoms with E-state index >= 15 is 0 Å². The molecule has 1 aliphatic rings. The summed E-state index contributed by atoms with van der Waals surface area (Å²) in [6.45, 7) is 4.19. The van der Waals surface area contributed by atoms with Gasteiger partial charge in [0, 0.05) is 37.5 Å². The summed E-state index contributed by atoms with van der Waals surface area (Å²) in [5, 5.41) is 21.2. The molecule has 1 saturated heterocycles. The number of hydrogen-bond acceptors (Lipinski definition) is 7. The van der Waals surface area contributed by atoms with Crippen LogP contribution in [-0.2, 0) is 0 Å². The third kappa shape index (κ3) is 3.77. The Kier molecular flexibility index (Phi) is 5.39. The minimum atomic E-state index is -0.520. The first-order chi connectivity index (χ1) is 16.0. The highest BCUT2D eigenvalue weighted by molar-refractivity contribution is 5.89. The highest BCUT2D eigenvalue weighted by atomic mass is 19.1. The van der Waals surface area contributed by atoms with E-state index < -0.39 is 11.4 Å². The number of nitrogens with one attached hydrogen (secondary N) is 1. The van der Waals surface area contributed by atoms with E-state index in [4.69, 9.17) is 0 Å². The zero-order valence-corrected chi connectivity index (χ0v) is 18.4. The molecule has 170 valence electrons. The summed E-state index contributed by atoms with van der Waals surface area (Å²) < 4.78 is 15.6. The molecule has 33 heavy (non-hydrogen) atoms. The Hall–Kier alpha value is -3.63. The van der Waals surface area contributed by atoms with Crippen molar-refractivity contribution in [3.05, 3.63) is 64.3 Å². The molecule has 0 aliphatic carbocycles. The van der Waals surface area contributed by atoms with Gasteiger partial charge in [0.15, 0.2) is 0 Å². The number of aryl methyl sites for hydroxylation is 1. The van der Waals surface area contributed by atoms with Crippen molar-refractivity contribution in [2.75, 3.05) is 38.2 Å². The normalized spacial score (nSPS) is 17.1. The first kappa shape index (κ1) is 21.2. The molecule has 0 bridgehead atoms. The molecule has 1 aromatic carbocycles. The SMILES string of the molecule is Cc1cccc(F)c1-n1nc2c(-c3ccc(N4CCN(C)C(CO)C4)nc3)n[nH]c2cc1=O. The quantitative estimate of drug-likeness (QED) is 0.489. The number of aliphatic hydroxyl groups is 1. The maximum absolute atomic E-state index is 14.5. The Bertz CT molecular complexity index is 1350. The summed E-state index contributed by atoms with van der Waals surface area (Å²) in [7, 11) is 2.01. The molecule has 10 heteroatoms. The van der Waals surface area contributed by atoms with Crippen LogP contribution in [0.2, 0.25) is 0 Å². The fourth-order valence-corrected chi connectivity index (χ4v) is 4.20. The van der Waals surface area contributed by atoms with E-state index in [-0.39, 0.29) is 18.3 Å². The molecule has 1 aliphatic heterocycles. The lowest BCUT2D eigenvalue weighted by Gasteiger charge is -2.39. The van der Waals surface area contributed by atoms with Crippen LogP contribution in [0, 0.1) is 12.7 Å². The van der Waals surface area contributed by atoms with Gasteiger partial charge >= 0.3 is 0 Å². The summed E-state index contributed by atoms with van der Waals surface area (Å²) >= 11 is 0. The number of pyridine rings is 1. The second-order valence-electron chi connectivity index (χ2n) is 8.30. The topological polar surface area (TPSA) is 103 Å². The molecule has 4 heterocycles. The maximum Gasteiger partial charge on any atom is 0.273 e. The van der Waals surface area contributed by atoms with Gasteiger partial charge in [-0.25, -0.2) is 9.37 Å². The van der Waals surface area contributed by atoms with Crippen molar-refractivity contribution >= 4 is 16.9 Å². The number of halogens is 1. The number of nitrogens with zero attached hydrogens (tertiary/aromatic N) is 6. The van der Waals surface area contributed by atoms with E-state index in [2.05, 4.69) is 30.1 Å². The number of aromatic amines is 1. The average Bonchev–Trinajstić information content (AvgIpc) is 3.22. The average molecular weight is 449 g/mol. The van der Waals surface area contributed by atoms with E-state index in [0.29, 0.717) is 28.8 Å². The number of anilines is 1. The minimum Gasteiger partial charge on any atom is -0.395 e. The second-order valence-corrected chi connectivity index (χ2v) is 8.30. The number of aromatic nitrogens is 5. The number of para-hydroxylation sites is 1. The fourth-order valence-electron chi connectivity index (χ4n) is 4.20. The number of piperazine rings is 1. The molecule has 1 fully saturated rings. The van der Waals surface area contributed by atoms with Crippen LogP contribution in [0.15, 0.2) is 47.4 Å². The number of hydrogen-bond donors (Lipinski definition) is 2. The predicted molar refractivity (Wildman–Crippen MR) is 123 cm³/mol. The van der Waals surface area contributed by atoms with Gasteiger partial charge in [0.25, 0.3) is 5.56 Å². The number of H-pyrrole nitrogens is 1. The molecule has 1 atom stereocenters. The third-order valence-electron chi connectivity index (χ3n) is 6.18. The van der Waals surface area contributed by atoms with Crippen molar-refractivity contribution in [1.82, 2.24) is 29.9 Å². The van der Waals surface area contributed by atoms with Crippen molar-refractivity contribution < 1.29 is 9.50 Å². The Balaban J connectivity index is 1.51. The van der Waals surface area contributed by atoms with Gasteiger partial charge in [-0.05, 0) is 37.7 Å². The number of likely N-dealkylation sites (N-methyl/N-ethyl adjacent to an activating group) is 1. The Morgan fingerprint density at radius 2 is 2.09 bits per heavy atom. The second kappa shape index (κ2) is 8.38. The lowest BCUT2D eigenvalue weighted by Crippen LogP contribution is -2.53. The van der Waals surface area contributed by atoms with Gasteiger partial charge in [0.05, 0.1) is 18.2 Å². The monoisotopic (exact) mass is 449 g/mol. The first-order valence-corrected chi connectivity index (χ1v) is 10.7. The Morgan fingerprint density at radius 1 is 1.24 bits per heavy atom. The van der Waals surface area contributed by atoms with Crippen molar-refractivity contribution in [3.8, 4) is 16.9 Å². The van der Waals surface area contributed by atoms with Crippen molar-refractivity contribution in [3.63, 3.8) is 0 Å². The molecule has 5 rings (SSSR count). The maximum atomic E-state index is 14.5. The molecule has 0 saturated carbocycles. The Labute approximate surface area is 189 Å². The van der Waals surface area contributed by atoms with Gasteiger partial charge in [-0.3, -0.25) is 14.8 Å². The van der Waals surface area contributed by atoms with Crippen molar-refractivity contribution in [1.29, 1.82) is 0 Å². The van der Waals surface area contributed by atoms with Gasteiger partial charge in [-0.2, -0.15) is 14.9 Å². The largest absolute Gasteiger partial charge is 0.395 e. The molecule has 3 aromatic heterocycles. The number of rotatable bonds is 4. The lowest BCUT2D eigenvalue weighted by molar-refractivity contribution is 0.135. The standard InChI is InChI=1S/C23H24FN7O2/c1-14-4-3-5-17(24)23(14)31-20(33)10-18-22(28-31)21(27-26-18)15-6-7-19(25-11-15)30-9-8-29(2)16(12-30)13-32/h3-7,10-11,16,26,32H,8-9,12-13H2,1-2H3. The van der Waals surface area contributed by atoms with Crippen LogP contribution in [0.1, 0.15) is 5.56 Å². The van der Waals surface area contributed by atoms with Crippen molar-refractivity contribution in [2.24, 2.45) is 0 Å². The molecule has 0 amide bonds. The zero-order valence-electron chi connectivity index (χ0n) is 18.4. The number of benzene rings is 1. The molecule has 4 aromatic rings. The van der Waals surface area contributed by atoms with Crippen LogP contribution in [0.5, 0.6) is 0 Å². The molecular weight excluding hydrogens is 425 g/mol. The number of fused-ring (bicyclic) bond motifs is 1. The van der Waals surface area contributed by atoms with Crippen LogP contribution in [0.3, 0.4) is 0 Å². The molecule has 0 spiro atoms.